The summed E-state index contributed by atoms with van der Waals surface area (Å²) in [4.78, 5) is 7.94. The smallest absolute Gasteiger partial charge is 0.239 e. The molecule has 2 aromatic heterocycles. The monoisotopic (exact) mass is 254 g/mol. The third-order valence-electron chi connectivity index (χ3n) is 1.98. The van der Waals surface area contributed by atoms with Crippen molar-refractivity contribution in [3.8, 4) is 0 Å². The van der Waals surface area contributed by atoms with E-state index in [-0.39, 0.29) is 0 Å². The van der Waals surface area contributed by atoms with Crippen LogP contribution in [0.2, 0.25) is 5.02 Å². The van der Waals surface area contributed by atoms with Crippen LogP contribution in [0.25, 0.3) is 0 Å². The normalized spacial score (nSPS) is 10.2. The summed E-state index contributed by atoms with van der Waals surface area (Å²) >= 11 is 5.92. The van der Waals surface area contributed by atoms with Gasteiger partial charge in [-0.25, -0.2) is 10.8 Å². The molecular weight excluding hydrogens is 244 g/mol. The largest absolute Gasteiger partial charge is 0.367 e. The number of hydrogen-bond donors (Lipinski definition) is 3. The van der Waals surface area contributed by atoms with E-state index in [9.17, 15) is 0 Å². The maximum Gasteiger partial charge on any atom is 0.239 e. The second kappa shape index (κ2) is 5.41. The first-order valence-electron chi connectivity index (χ1n) is 4.86. The van der Waals surface area contributed by atoms with Gasteiger partial charge in [-0.2, -0.15) is 4.98 Å². The predicted octanol–water partition coefficient (Wildman–Crippen LogP) is 0.119. The van der Waals surface area contributed by atoms with Gasteiger partial charge < -0.3 is 5.32 Å². The van der Waals surface area contributed by atoms with Crippen molar-refractivity contribution in [1.82, 2.24) is 25.0 Å². The van der Waals surface area contributed by atoms with Crippen molar-refractivity contribution in [2.24, 2.45) is 5.84 Å². The first kappa shape index (κ1) is 11.6. The topological polar surface area (TPSA) is 107 Å². The van der Waals surface area contributed by atoms with Crippen molar-refractivity contribution in [2.75, 3.05) is 17.3 Å². The Balaban J connectivity index is 1.94. The van der Waals surface area contributed by atoms with Crippen LogP contribution in [0, 0.1) is 0 Å². The molecule has 2 rings (SSSR count). The number of nitrogens with zero attached hydrogens (tertiary/aromatic N) is 5. The molecule has 0 aliphatic rings. The van der Waals surface area contributed by atoms with E-state index >= 15 is 0 Å². The first-order chi connectivity index (χ1) is 8.29. The second-order valence-electron chi connectivity index (χ2n) is 3.13. The van der Waals surface area contributed by atoms with Gasteiger partial charge in [-0.05, 0) is 0 Å². The molecule has 0 unspecified atom stereocenters. The minimum atomic E-state index is 0.303. The molecule has 2 aromatic rings. The van der Waals surface area contributed by atoms with Crippen LogP contribution < -0.4 is 16.6 Å². The van der Waals surface area contributed by atoms with Gasteiger partial charge in [0.15, 0.2) is 5.82 Å². The molecule has 0 saturated carbocycles. The van der Waals surface area contributed by atoms with Gasteiger partial charge in [0.1, 0.15) is 5.02 Å². The highest BCUT2D eigenvalue weighted by molar-refractivity contribution is 6.32. The fourth-order valence-electron chi connectivity index (χ4n) is 1.20. The number of nitrogen functional groups attached to an aromatic ring is 1. The Morgan fingerprint density at radius 3 is 3.06 bits per heavy atom. The van der Waals surface area contributed by atoms with E-state index in [0.29, 0.717) is 29.9 Å². The van der Waals surface area contributed by atoms with Crippen molar-refractivity contribution >= 4 is 23.4 Å². The van der Waals surface area contributed by atoms with E-state index in [1.807, 2.05) is 0 Å². The molecule has 8 nitrogen and oxygen atoms in total. The highest BCUT2D eigenvalue weighted by atomic mass is 35.5. The summed E-state index contributed by atoms with van der Waals surface area (Å²) in [6, 6.07) is 0. The molecule has 0 aliphatic carbocycles. The van der Waals surface area contributed by atoms with Gasteiger partial charge >= 0.3 is 0 Å². The summed E-state index contributed by atoms with van der Waals surface area (Å²) in [5.74, 6) is 6.03. The fourth-order valence-corrected chi connectivity index (χ4v) is 1.36. The maximum absolute atomic E-state index is 5.92. The van der Waals surface area contributed by atoms with Gasteiger partial charge in [-0.1, -0.05) is 16.8 Å². The first-order valence-corrected chi connectivity index (χ1v) is 5.24. The fraction of sp³-hybridized carbons (Fsp3) is 0.250. The molecule has 2 heterocycles. The predicted molar refractivity (Wildman–Crippen MR) is 63.4 cm³/mol. The lowest BCUT2D eigenvalue weighted by molar-refractivity contribution is 0.608. The Morgan fingerprint density at radius 2 is 2.35 bits per heavy atom. The third-order valence-corrected chi connectivity index (χ3v) is 2.26. The van der Waals surface area contributed by atoms with Crippen LogP contribution in [0.5, 0.6) is 0 Å². The number of aromatic nitrogens is 5. The Kier molecular flexibility index (Phi) is 3.68. The molecule has 0 atom stereocenters. The van der Waals surface area contributed by atoms with Crippen LogP contribution in [0.1, 0.15) is 0 Å². The molecular formula is C8H11ClN8. The summed E-state index contributed by atoms with van der Waals surface area (Å²) in [6.45, 7) is 1.27. The molecule has 0 spiro atoms. The lowest BCUT2D eigenvalue weighted by Gasteiger charge is -2.08. The highest BCUT2D eigenvalue weighted by Crippen LogP contribution is 2.18. The molecule has 0 radical (unpaired) electrons. The van der Waals surface area contributed by atoms with Crippen molar-refractivity contribution < 1.29 is 0 Å². The molecule has 0 amide bonds. The van der Waals surface area contributed by atoms with Gasteiger partial charge in [0, 0.05) is 12.7 Å². The number of rotatable bonds is 5. The molecule has 0 saturated heterocycles. The van der Waals surface area contributed by atoms with E-state index in [4.69, 9.17) is 17.4 Å². The summed E-state index contributed by atoms with van der Waals surface area (Å²) in [5.41, 5.74) is 2.35. The van der Waals surface area contributed by atoms with Crippen LogP contribution in [0.4, 0.5) is 11.8 Å². The minimum absolute atomic E-state index is 0.303. The lowest BCUT2D eigenvalue weighted by Crippen LogP contribution is -2.15. The van der Waals surface area contributed by atoms with Crippen LogP contribution in [-0.4, -0.2) is 31.5 Å². The number of hydrazine groups is 1. The van der Waals surface area contributed by atoms with Crippen LogP contribution in [0.15, 0.2) is 18.6 Å². The number of nitrogens with one attached hydrogen (secondary N) is 2. The Bertz CT molecular complexity index is 470. The SMILES string of the molecule is NNc1ncc(Cl)c(NCCn2ccnn2)n1. The minimum Gasteiger partial charge on any atom is -0.367 e. The zero-order valence-corrected chi connectivity index (χ0v) is 9.59. The van der Waals surface area contributed by atoms with Crippen LogP contribution in [0.3, 0.4) is 0 Å². The number of halogens is 1. The van der Waals surface area contributed by atoms with Gasteiger partial charge in [0.25, 0.3) is 0 Å². The highest BCUT2D eigenvalue weighted by Gasteiger charge is 2.03. The van der Waals surface area contributed by atoms with Gasteiger partial charge in [0.2, 0.25) is 5.95 Å². The van der Waals surface area contributed by atoms with Crippen molar-refractivity contribution in [2.45, 2.75) is 6.54 Å². The van der Waals surface area contributed by atoms with E-state index in [1.165, 1.54) is 6.20 Å². The van der Waals surface area contributed by atoms with E-state index in [2.05, 4.69) is 31.0 Å². The Morgan fingerprint density at radius 1 is 1.47 bits per heavy atom. The van der Waals surface area contributed by atoms with Gasteiger partial charge in [-0.15, -0.1) is 5.10 Å². The van der Waals surface area contributed by atoms with Crippen molar-refractivity contribution in [3.63, 3.8) is 0 Å². The van der Waals surface area contributed by atoms with E-state index in [1.54, 1.807) is 17.1 Å². The number of anilines is 2. The van der Waals surface area contributed by atoms with Gasteiger partial charge in [-0.3, -0.25) is 10.1 Å². The lowest BCUT2D eigenvalue weighted by atomic mass is 10.5. The summed E-state index contributed by atoms with van der Waals surface area (Å²) in [7, 11) is 0. The third kappa shape index (κ3) is 3.02. The van der Waals surface area contributed by atoms with Crippen molar-refractivity contribution in [3.05, 3.63) is 23.6 Å². The zero-order chi connectivity index (χ0) is 12.1. The quantitative estimate of drug-likeness (QED) is 0.514. The summed E-state index contributed by atoms with van der Waals surface area (Å²) < 4.78 is 1.70. The average Bonchev–Trinajstić information content (AvgIpc) is 2.84. The Labute approximate surface area is 102 Å². The standard InChI is InChI=1S/C8H11ClN8/c9-6-5-12-8(15-10)14-7(6)11-1-3-17-4-2-13-16-17/h2,4-5H,1,3,10H2,(H2,11,12,14,15). The number of nitrogens with two attached hydrogens (primary N) is 1. The second-order valence-corrected chi connectivity index (χ2v) is 3.53. The number of hydrogen-bond acceptors (Lipinski definition) is 7. The molecule has 0 fully saturated rings. The molecule has 0 bridgehead atoms. The van der Waals surface area contributed by atoms with Crippen molar-refractivity contribution in [1.29, 1.82) is 0 Å². The molecule has 9 heteroatoms. The molecule has 17 heavy (non-hydrogen) atoms. The van der Waals surface area contributed by atoms with Crippen LogP contribution >= 0.6 is 11.6 Å². The molecule has 0 aliphatic heterocycles. The summed E-state index contributed by atoms with van der Waals surface area (Å²) in [5, 5.41) is 11.0. The molecule has 4 N–H and O–H groups in total. The van der Waals surface area contributed by atoms with Crippen LogP contribution in [-0.2, 0) is 6.54 Å². The summed E-state index contributed by atoms with van der Waals surface area (Å²) in [6.07, 6.45) is 4.87. The molecule has 0 aromatic carbocycles. The maximum atomic E-state index is 5.92. The van der Waals surface area contributed by atoms with E-state index < -0.39 is 0 Å². The van der Waals surface area contributed by atoms with E-state index in [0.717, 1.165) is 0 Å². The average molecular weight is 255 g/mol. The zero-order valence-electron chi connectivity index (χ0n) is 8.84. The molecule has 90 valence electrons. The van der Waals surface area contributed by atoms with Gasteiger partial charge in [0.05, 0.1) is 18.9 Å². The Hall–Kier alpha value is -1.93.